The molecule has 13 heteroatoms. The van der Waals surface area contributed by atoms with E-state index in [1.54, 1.807) is 6.07 Å². The summed E-state index contributed by atoms with van der Waals surface area (Å²) in [6.45, 7) is -0.222. The molecule has 0 saturated carbocycles. The number of carbonyl (C=O) groups excluding carboxylic acids is 3. The molecule has 0 atom stereocenters. The van der Waals surface area contributed by atoms with Crippen molar-refractivity contribution >= 4 is 52.9 Å². The van der Waals surface area contributed by atoms with Crippen molar-refractivity contribution in [2.75, 3.05) is 7.11 Å². The van der Waals surface area contributed by atoms with Gasteiger partial charge in [0.05, 0.1) is 28.6 Å². The lowest BCUT2D eigenvalue weighted by atomic mass is 10.1. The van der Waals surface area contributed by atoms with Crippen LogP contribution in [-0.4, -0.2) is 34.8 Å². The van der Waals surface area contributed by atoms with E-state index >= 15 is 0 Å². The molecule has 0 spiro atoms. The summed E-state index contributed by atoms with van der Waals surface area (Å²) < 4.78 is 15.5. The van der Waals surface area contributed by atoms with E-state index < -0.39 is 22.8 Å². The van der Waals surface area contributed by atoms with E-state index in [0.717, 1.165) is 4.90 Å². The number of nitro benzene ring substituents is 1. The summed E-state index contributed by atoms with van der Waals surface area (Å²) in [5.74, 6) is -1.01. The third-order valence-electron chi connectivity index (χ3n) is 5.16. The van der Waals surface area contributed by atoms with Gasteiger partial charge in [-0.2, -0.15) is 0 Å². The van der Waals surface area contributed by atoms with Crippen molar-refractivity contribution in [2.24, 2.45) is 0 Å². The first-order valence-corrected chi connectivity index (χ1v) is 11.3. The molecule has 1 aliphatic heterocycles. The van der Waals surface area contributed by atoms with Crippen molar-refractivity contribution in [3.63, 3.8) is 0 Å². The van der Waals surface area contributed by atoms with Gasteiger partial charge in [-0.1, -0.05) is 35.3 Å². The average Bonchev–Trinajstić information content (AvgIpc) is 3.43. The van der Waals surface area contributed by atoms with Crippen LogP contribution < -0.4 is 10.1 Å². The molecule has 3 amide bonds. The Bertz CT molecular complexity index is 1430. The normalized spacial score (nSPS) is 14.1. The standard InChI is InChI=1S/C24H17Cl2N3O8/c1-35-23(31)20-6-5-16(37-20)11-28-22(30)19(27-24(28)32)10-14-8-17(25)21(18(26)9-14)36-12-13-3-2-4-15(7-13)29(33)34/h2-10H,11-12H2,1H3,(H,27,32)/b19-10-. The SMILES string of the molecule is COC(=O)c1ccc(CN2C(=O)N/C(=C\c3cc(Cl)c(OCc4cccc([N+](=O)[O-])c4)c(Cl)c3)C2=O)o1. The predicted molar refractivity (Wildman–Crippen MR) is 131 cm³/mol. The van der Waals surface area contributed by atoms with Gasteiger partial charge in [0.15, 0.2) is 5.75 Å². The fraction of sp³-hybridized carbons (Fsp3) is 0.125. The lowest BCUT2D eigenvalue weighted by Crippen LogP contribution is -2.30. The summed E-state index contributed by atoms with van der Waals surface area (Å²) in [5.41, 5.74) is 0.854. The summed E-state index contributed by atoms with van der Waals surface area (Å²) in [6, 6.07) is 11.1. The first-order valence-electron chi connectivity index (χ1n) is 10.5. The fourth-order valence-electron chi connectivity index (χ4n) is 3.43. The van der Waals surface area contributed by atoms with E-state index in [9.17, 15) is 24.5 Å². The van der Waals surface area contributed by atoms with E-state index in [0.29, 0.717) is 11.1 Å². The summed E-state index contributed by atoms with van der Waals surface area (Å²) in [4.78, 5) is 48.0. The van der Waals surface area contributed by atoms with Crippen molar-refractivity contribution in [2.45, 2.75) is 13.2 Å². The van der Waals surface area contributed by atoms with Crippen LogP contribution in [0.25, 0.3) is 6.08 Å². The number of nitrogens with one attached hydrogen (secondary N) is 1. The number of ether oxygens (including phenoxy) is 2. The molecular weight excluding hydrogens is 529 g/mol. The molecule has 1 N–H and O–H groups in total. The fourth-order valence-corrected chi connectivity index (χ4v) is 4.04. The topological polar surface area (TPSA) is 141 Å². The molecular formula is C24H17Cl2N3O8. The summed E-state index contributed by atoms with van der Waals surface area (Å²) in [5, 5.41) is 13.7. The summed E-state index contributed by atoms with van der Waals surface area (Å²) in [6.07, 6.45) is 1.39. The van der Waals surface area contributed by atoms with Crippen LogP contribution in [0.5, 0.6) is 5.75 Å². The van der Waals surface area contributed by atoms with Gasteiger partial charge in [0.1, 0.15) is 18.1 Å². The van der Waals surface area contributed by atoms with Crippen LogP contribution in [0, 0.1) is 10.1 Å². The molecule has 2 heterocycles. The van der Waals surface area contributed by atoms with Gasteiger partial charge in [0.25, 0.3) is 11.6 Å². The Morgan fingerprint density at radius 1 is 1.16 bits per heavy atom. The number of methoxy groups -OCH3 is 1. The van der Waals surface area contributed by atoms with Crippen molar-refractivity contribution in [1.29, 1.82) is 0 Å². The number of rotatable bonds is 8. The highest BCUT2D eigenvalue weighted by molar-refractivity contribution is 6.37. The number of furan rings is 1. The Hall–Kier alpha value is -4.35. The second-order valence-electron chi connectivity index (χ2n) is 7.67. The monoisotopic (exact) mass is 545 g/mol. The minimum absolute atomic E-state index is 0.0183. The lowest BCUT2D eigenvalue weighted by Gasteiger charge is -2.11. The highest BCUT2D eigenvalue weighted by Crippen LogP contribution is 2.36. The smallest absolute Gasteiger partial charge is 0.373 e. The van der Waals surface area contributed by atoms with Gasteiger partial charge in [-0.05, 0) is 41.5 Å². The van der Waals surface area contributed by atoms with Crippen LogP contribution in [0.2, 0.25) is 10.0 Å². The van der Waals surface area contributed by atoms with Crippen molar-refractivity contribution in [1.82, 2.24) is 10.2 Å². The average molecular weight is 546 g/mol. The van der Waals surface area contributed by atoms with Gasteiger partial charge in [-0.3, -0.25) is 19.8 Å². The van der Waals surface area contributed by atoms with E-state index in [1.807, 2.05) is 0 Å². The van der Waals surface area contributed by atoms with Crippen LogP contribution in [0.3, 0.4) is 0 Å². The zero-order chi connectivity index (χ0) is 26.7. The third kappa shape index (κ3) is 5.74. The molecule has 1 aromatic heterocycles. The number of non-ortho nitro benzene ring substituents is 1. The molecule has 0 unspecified atom stereocenters. The predicted octanol–water partition coefficient (Wildman–Crippen LogP) is 4.95. The molecule has 0 bridgehead atoms. The Morgan fingerprint density at radius 2 is 1.89 bits per heavy atom. The van der Waals surface area contributed by atoms with Crippen LogP contribution in [0.15, 0.2) is 58.6 Å². The van der Waals surface area contributed by atoms with Crippen LogP contribution in [-0.2, 0) is 22.7 Å². The van der Waals surface area contributed by atoms with E-state index in [4.69, 9.17) is 32.4 Å². The molecule has 3 aromatic rings. The van der Waals surface area contributed by atoms with Crippen LogP contribution in [0.1, 0.15) is 27.4 Å². The van der Waals surface area contributed by atoms with Gasteiger partial charge >= 0.3 is 12.0 Å². The minimum Gasteiger partial charge on any atom is -0.486 e. The van der Waals surface area contributed by atoms with Gasteiger partial charge in [0.2, 0.25) is 5.76 Å². The van der Waals surface area contributed by atoms with Gasteiger partial charge in [-0.15, -0.1) is 0 Å². The number of esters is 1. The van der Waals surface area contributed by atoms with Gasteiger partial charge in [0, 0.05) is 12.1 Å². The van der Waals surface area contributed by atoms with Gasteiger partial charge in [-0.25, -0.2) is 9.59 Å². The summed E-state index contributed by atoms with van der Waals surface area (Å²) >= 11 is 12.7. The number of urea groups is 1. The van der Waals surface area contributed by atoms with Crippen molar-refractivity contribution in [3.8, 4) is 5.75 Å². The molecule has 1 aliphatic rings. The number of carbonyl (C=O) groups is 3. The maximum atomic E-state index is 12.8. The second kappa shape index (κ2) is 10.7. The third-order valence-corrected chi connectivity index (χ3v) is 5.72. The van der Waals surface area contributed by atoms with E-state index in [2.05, 4.69) is 10.1 Å². The number of nitro groups is 1. The Labute approximate surface area is 219 Å². The van der Waals surface area contributed by atoms with Crippen molar-refractivity contribution < 1.29 is 33.2 Å². The number of hydrogen-bond acceptors (Lipinski definition) is 8. The van der Waals surface area contributed by atoms with E-state index in [-0.39, 0.29) is 51.9 Å². The van der Waals surface area contributed by atoms with Crippen LogP contribution >= 0.6 is 23.2 Å². The quantitative estimate of drug-likeness (QED) is 0.138. The molecule has 1 saturated heterocycles. The van der Waals surface area contributed by atoms with Crippen molar-refractivity contribution in [3.05, 3.63) is 97.0 Å². The first kappa shape index (κ1) is 25.7. The molecule has 1 fully saturated rings. The molecule has 190 valence electrons. The zero-order valence-corrected chi connectivity index (χ0v) is 20.5. The van der Waals surface area contributed by atoms with Gasteiger partial charge < -0.3 is 19.2 Å². The number of amides is 3. The molecule has 37 heavy (non-hydrogen) atoms. The number of benzene rings is 2. The number of halogens is 2. The largest absolute Gasteiger partial charge is 0.486 e. The lowest BCUT2D eigenvalue weighted by molar-refractivity contribution is -0.384. The minimum atomic E-state index is -0.685. The first-order chi connectivity index (χ1) is 17.7. The Kier molecular flexibility index (Phi) is 7.46. The Morgan fingerprint density at radius 3 is 2.57 bits per heavy atom. The summed E-state index contributed by atoms with van der Waals surface area (Å²) in [7, 11) is 1.20. The Balaban J connectivity index is 1.47. The van der Waals surface area contributed by atoms with Crippen LogP contribution in [0.4, 0.5) is 10.5 Å². The number of nitrogens with zero attached hydrogens (tertiary/aromatic N) is 2. The molecule has 11 nitrogen and oxygen atoms in total. The second-order valence-corrected chi connectivity index (χ2v) is 8.48. The molecule has 2 aromatic carbocycles. The highest BCUT2D eigenvalue weighted by atomic mass is 35.5. The maximum Gasteiger partial charge on any atom is 0.373 e. The zero-order valence-electron chi connectivity index (χ0n) is 19.0. The maximum absolute atomic E-state index is 12.8. The molecule has 0 radical (unpaired) electrons. The number of imide groups is 1. The number of hydrogen-bond donors (Lipinski definition) is 1. The molecule has 0 aliphatic carbocycles. The van der Waals surface area contributed by atoms with E-state index in [1.165, 1.54) is 55.7 Å². The molecule has 4 rings (SSSR count). The highest BCUT2D eigenvalue weighted by Gasteiger charge is 2.34.